The van der Waals surface area contributed by atoms with Crippen molar-refractivity contribution in [1.82, 2.24) is 10.2 Å². The van der Waals surface area contributed by atoms with E-state index < -0.39 is 0 Å². The molecular weight excluding hydrogens is 358 g/mol. The maximum absolute atomic E-state index is 12.5. The fourth-order valence-electron chi connectivity index (χ4n) is 2.78. The number of piperidine rings is 1. The molecule has 2 unspecified atom stereocenters. The van der Waals surface area contributed by atoms with Crippen molar-refractivity contribution in [3.05, 3.63) is 29.8 Å². The fourth-order valence-corrected chi connectivity index (χ4v) is 3.54. The topological polar surface area (TPSA) is 61.4 Å². The number of hydrogen-bond donors (Lipinski definition) is 2. The monoisotopic (exact) mass is 385 g/mol. The Morgan fingerprint density at radius 1 is 1.32 bits per heavy atom. The van der Waals surface area contributed by atoms with E-state index in [0.717, 1.165) is 37.2 Å². The van der Waals surface area contributed by atoms with Gasteiger partial charge in [-0.15, -0.1) is 24.2 Å². The second-order valence-electron chi connectivity index (χ2n) is 6.28. The van der Waals surface area contributed by atoms with Gasteiger partial charge in [0.2, 0.25) is 11.8 Å². The van der Waals surface area contributed by atoms with Crippen LogP contribution in [0.4, 0.5) is 5.69 Å². The molecule has 0 aliphatic carbocycles. The van der Waals surface area contributed by atoms with Gasteiger partial charge in [0.1, 0.15) is 0 Å². The molecule has 2 rings (SSSR count). The summed E-state index contributed by atoms with van der Waals surface area (Å²) in [5.74, 6) is 0.336. The van der Waals surface area contributed by atoms with Crippen LogP contribution in [0.25, 0.3) is 0 Å². The van der Waals surface area contributed by atoms with Crippen LogP contribution < -0.4 is 10.6 Å². The van der Waals surface area contributed by atoms with E-state index in [9.17, 15) is 9.59 Å². The number of rotatable bonds is 6. The molecule has 7 heteroatoms. The Balaban J connectivity index is 0.00000312. The number of nitrogens with one attached hydrogen (secondary N) is 2. The third kappa shape index (κ3) is 6.88. The molecular formula is C18H28ClN3O2S. The van der Waals surface area contributed by atoms with Gasteiger partial charge in [0.05, 0.1) is 11.0 Å². The van der Waals surface area contributed by atoms with Crippen LogP contribution in [-0.2, 0) is 9.59 Å². The highest BCUT2D eigenvalue weighted by Crippen LogP contribution is 2.18. The van der Waals surface area contributed by atoms with Crippen LogP contribution in [0.3, 0.4) is 0 Å². The molecule has 1 aliphatic heterocycles. The maximum atomic E-state index is 12.5. The van der Waals surface area contributed by atoms with Gasteiger partial charge in [-0.3, -0.25) is 9.59 Å². The van der Waals surface area contributed by atoms with E-state index in [-0.39, 0.29) is 35.2 Å². The summed E-state index contributed by atoms with van der Waals surface area (Å²) < 4.78 is 0. The van der Waals surface area contributed by atoms with Crippen molar-refractivity contribution in [2.75, 3.05) is 31.2 Å². The predicted octanol–water partition coefficient (Wildman–Crippen LogP) is 2.69. The van der Waals surface area contributed by atoms with Gasteiger partial charge in [0.25, 0.3) is 0 Å². The number of aryl methyl sites for hydroxylation is 1. The molecule has 1 aliphatic rings. The minimum atomic E-state index is -0.204. The summed E-state index contributed by atoms with van der Waals surface area (Å²) >= 11 is 1.39. The second-order valence-corrected chi connectivity index (χ2v) is 7.61. The zero-order valence-electron chi connectivity index (χ0n) is 15.1. The highest BCUT2D eigenvalue weighted by atomic mass is 35.5. The Kier molecular flexibility index (Phi) is 9.32. The quantitative estimate of drug-likeness (QED) is 0.790. The minimum Gasteiger partial charge on any atom is -0.340 e. The van der Waals surface area contributed by atoms with Crippen LogP contribution in [-0.4, -0.2) is 53.9 Å². The number of benzene rings is 1. The summed E-state index contributed by atoms with van der Waals surface area (Å²) in [7, 11) is 1.94. The average molecular weight is 386 g/mol. The lowest BCUT2D eigenvalue weighted by Crippen LogP contribution is -2.49. The number of amides is 2. The molecule has 1 heterocycles. The van der Waals surface area contributed by atoms with Crippen LogP contribution >= 0.6 is 24.2 Å². The number of halogens is 1. The van der Waals surface area contributed by atoms with Gasteiger partial charge in [-0.05, 0) is 45.9 Å². The molecule has 1 fully saturated rings. The minimum absolute atomic E-state index is 0. The fraction of sp³-hybridized carbons (Fsp3) is 0.556. The standard InChI is InChI=1S/C18H27N3O2S.ClH/c1-13-6-8-15(9-7-13)20-17(22)12-24-14(2)18(23)21-10-4-5-16(11-21)19-3;/h6-9,14,16,19H,4-5,10-12H2,1-3H3,(H,20,22);1H. The predicted molar refractivity (Wildman–Crippen MR) is 108 cm³/mol. The molecule has 0 radical (unpaired) electrons. The van der Waals surface area contributed by atoms with Crippen molar-refractivity contribution < 1.29 is 9.59 Å². The number of likely N-dealkylation sites (tertiary alicyclic amines) is 1. The Bertz CT molecular complexity index is 568. The first-order chi connectivity index (χ1) is 11.5. The molecule has 2 N–H and O–H groups in total. The molecule has 1 aromatic rings. The van der Waals surface area contributed by atoms with E-state index in [1.807, 2.05) is 50.1 Å². The first kappa shape index (κ1) is 21.8. The molecule has 1 saturated heterocycles. The molecule has 0 aromatic heterocycles. The number of hydrogen-bond acceptors (Lipinski definition) is 4. The number of nitrogens with zero attached hydrogens (tertiary/aromatic N) is 1. The Labute approximate surface area is 160 Å². The van der Waals surface area contributed by atoms with E-state index in [1.54, 1.807) is 0 Å². The molecule has 1 aromatic carbocycles. The molecule has 5 nitrogen and oxygen atoms in total. The van der Waals surface area contributed by atoms with Crippen molar-refractivity contribution in [3.63, 3.8) is 0 Å². The molecule has 0 spiro atoms. The zero-order valence-corrected chi connectivity index (χ0v) is 16.7. The largest absolute Gasteiger partial charge is 0.340 e. The van der Waals surface area contributed by atoms with Crippen molar-refractivity contribution in [3.8, 4) is 0 Å². The Morgan fingerprint density at radius 2 is 2.00 bits per heavy atom. The number of anilines is 1. The molecule has 0 saturated carbocycles. The van der Waals surface area contributed by atoms with Gasteiger partial charge >= 0.3 is 0 Å². The summed E-state index contributed by atoms with van der Waals surface area (Å²) in [6.45, 7) is 5.47. The van der Waals surface area contributed by atoms with Gasteiger partial charge < -0.3 is 15.5 Å². The molecule has 2 amide bonds. The van der Waals surface area contributed by atoms with E-state index in [2.05, 4.69) is 10.6 Å². The summed E-state index contributed by atoms with van der Waals surface area (Å²) in [6, 6.07) is 8.08. The highest BCUT2D eigenvalue weighted by Gasteiger charge is 2.26. The summed E-state index contributed by atoms with van der Waals surface area (Å²) in [5, 5.41) is 5.90. The van der Waals surface area contributed by atoms with Gasteiger partial charge in [-0.25, -0.2) is 0 Å². The van der Waals surface area contributed by atoms with Crippen molar-refractivity contribution in [1.29, 1.82) is 0 Å². The summed E-state index contributed by atoms with van der Waals surface area (Å²) in [5.41, 5.74) is 1.95. The second kappa shape index (κ2) is 10.7. The highest BCUT2D eigenvalue weighted by molar-refractivity contribution is 8.01. The van der Waals surface area contributed by atoms with E-state index >= 15 is 0 Å². The lowest BCUT2D eigenvalue weighted by molar-refractivity contribution is -0.131. The number of thioether (sulfide) groups is 1. The normalized spacial score (nSPS) is 18.2. The van der Waals surface area contributed by atoms with Crippen LogP contribution in [0.1, 0.15) is 25.3 Å². The third-order valence-corrected chi connectivity index (χ3v) is 5.42. The summed E-state index contributed by atoms with van der Waals surface area (Å²) in [4.78, 5) is 26.5. The van der Waals surface area contributed by atoms with Crippen molar-refractivity contribution in [2.45, 2.75) is 38.0 Å². The zero-order chi connectivity index (χ0) is 17.5. The van der Waals surface area contributed by atoms with Crippen LogP contribution in [0, 0.1) is 6.92 Å². The molecule has 0 bridgehead atoms. The third-order valence-electron chi connectivity index (χ3n) is 4.29. The average Bonchev–Trinajstić information content (AvgIpc) is 2.61. The molecule has 2 atom stereocenters. The van der Waals surface area contributed by atoms with Gasteiger partial charge in [0, 0.05) is 24.8 Å². The smallest absolute Gasteiger partial charge is 0.235 e. The number of likely N-dealkylation sites (N-methyl/N-ethyl adjacent to an activating group) is 1. The maximum Gasteiger partial charge on any atom is 0.235 e. The number of carbonyl (C=O) groups excluding carboxylic acids is 2. The molecule has 140 valence electrons. The van der Waals surface area contributed by atoms with Crippen molar-refractivity contribution >= 4 is 41.7 Å². The van der Waals surface area contributed by atoms with E-state index in [4.69, 9.17) is 0 Å². The van der Waals surface area contributed by atoms with Crippen molar-refractivity contribution in [2.24, 2.45) is 0 Å². The van der Waals surface area contributed by atoms with Gasteiger partial charge in [-0.2, -0.15) is 0 Å². The lowest BCUT2D eigenvalue weighted by Gasteiger charge is -2.34. The summed E-state index contributed by atoms with van der Waals surface area (Å²) in [6.07, 6.45) is 2.14. The molecule has 25 heavy (non-hydrogen) atoms. The van der Waals surface area contributed by atoms with E-state index in [1.165, 1.54) is 11.8 Å². The Hall–Kier alpha value is -1.24. The SMILES string of the molecule is CNC1CCCN(C(=O)C(C)SCC(=O)Nc2ccc(C)cc2)C1.Cl. The van der Waals surface area contributed by atoms with Crippen LogP contribution in [0.5, 0.6) is 0 Å². The Morgan fingerprint density at radius 3 is 2.64 bits per heavy atom. The van der Waals surface area contributed by atoms with Crippen LogP contribution in [0.2, 0.25) is 0 Å². The lowest BCUT2D eigenvalue weighted by atomic mass is 10.1. The van der Waals surface area contributed by atoms with E-state index in [0.29, 0.717) is 6.04 Å². The van der Waals surface area contributed by atoms with Gasteiger partial charge in [-0.1, -0.05) is 17.7 Å². The first-order valence-electron chi connectivity index (χ1n) is 8.43. The first-order valence-corrected chi connectivity index (χ1v) is 9.48. The van der Waals surface area contributed by atoms with Crippen LogP contribution in [0.15, 0.2) is 24.3 Å². The van der Waals surface area contributed by atoms with Gasteiger partial charge in [0.15, 0.2) is 0 Å². The number of carbonyl (C=O) groups is 2.